The summed E-state index contributed by atoms with van der Waals surface area (Å²) in [6.07, 6.45) is 2.45. The molecule has 0 unspecified atom stereocenters. The van der Waals surface area contributed by atoms with Crippen LogP contribution in [0.5, 0.6) is 0 Å². The average molecular weight is 367 g/mol. The van der Waals surface area contributed by atoms with Gasteiger partial charge in [0.05, 0.1) is 11.7 Å². The van der Waals surface area contributed by atoms with Crippen molar-refractivity contribution < 1.29 is 4.79 Å². The van der Waals surface area contributed by atoms with E-state index in [1.54, 1.807) is 0 Å². The van der Waals surface area contributed by atoms with Crippen LogP contribution in [0.25, 0.3) is 22.2 Å². The van der Waals surface area contributed by atoms with Crippen molar-refractivity contribution in [2.45, 2.75) is 45.2 Å². The molecule has 1 N–H and O–H groups in total. The van der Waals surface area contributed by atoms with E-state index in [9.17, 15) is 4.79 Å². The van der Waals surface area contributed by atoms with Crippen LogP contribution in [0.2, 0.25) is 5.02 Å². The summed E-state index contributed by atoms with van der Waals surface area (Å²) in [5.41, 5.74) is 4.53. The molecule has 1 fully saturated rings. The molecule has 134 valence electrons. The number of H-pyrrole nitrogens is 1. The second-order valence-electron chi connectivity index (χ2n) is 7.08. The van der Waals surface area contributed by atoms with Crippen molar-refractivity contribution in [2.75, 3.05) is 0 Å². The Balaban J connectivity index is 1.92. The smallest absolute Gasteiger partial charge is 0.223 e. The van der Waals surface area contributed by atoms with E-state index in [0.29, 0.717) is 6.42 Å². The maximum atomic E-state index is 12.6. The average Bonchev–Trinajstić information content (AvgIpc) is 3.22. The van der Waals surface area contributed by atoms with Crippen LogP contribution in [-0.2, 0) is 4.79 Å². The van der Waals surface area contributed by atoms with Crippen LogP contribution in [0.15, 0.2) is 48.5 Å². The largest absolute Gasteiger partial charge is 0.354 e. The van der Waals surface area contributed by atoms with Crippen molar-refractivity contribution in [3.05, 3.63) is 59.1 Å². The van der Waals surface area contributed by atoms with Crippen molar-refractivity contribution in [2.24, 2.45) is 0 Å². The van der Waals surface area contributed by atoms with Crippen LogP contribution in [0.1, 0.15) is 44.7 Å². The molecule has 2 heterocycles. The molecular formula is C22H23ClN2O. The molecule has 4 heteroatoms. The van der Waals surface area contributed by atoms with E-state index in [1.807, 2.05) is 30.3 Å². The monoisotopic (exact) mass is 366 g/mol. The van der Waals surface area contributed by atoms with Crippen molar-refractivity contribution >= 4 is 28.4 Å². The number of para-hydroxylation sites is 1. The van der Waals surface area contributed by atoms with Gasteiger partial charge >= 0.3 is 0 Å². The molecule has 2 atom stereocenters. The Morgan fingerprint density at radius 2 is 1.92 bits per heavy atom. The fourth-order valence-corrected chi connectivity index (χ4v) is 4.22. The zero-order valence-electron chi connectivity index (χ0n) is 15.1. The van der Waals surface area contributed by atoms with Gasteiger partial charge in [-0.15, -0.1) is 0 Å². The van der Waals surface area contributed by atoms with Gasteiger partial charge in [0, 0.05) is 34.0 Å². The molecule has 26 heavy (non-hydrogen) atoms. The highest BCUT2D eigenvalue weighted by Gasteiger charge is 2.37. The SMILES string of the molecule is CC[C@H](C)N1C(=O)CC[C@H]1c1c(-c2ccc(Cl)cc2)[nH]c2ccccc12. The molecule has 2 aromatic carbocycles. The first-order valence-electron chi connectivity index (χ1n) is 9.28. The van der Waals surface area contributed by atoms with Gasteiger partial charge in [-0.3, -0.25) is 4.79 Å². The molecule has 3 nitrogen and oxygen atoms in total. The Bertz CT molecular complexity index is 944. The summed E-state index contributed by atoms with van der Waals surface area (Å²) in [5.74, 6) is 0.261. The van der Waals surface area contributed by atoms with Crippen LogP contribution < -0.4 is 0 Å². The van der Waals surface area contributed by atoms with E-state index in [-0.39, 0.29) is 18.0 Å². The van der Waals surface area contributed by atoms with E-state index in [4.69, 9.17) is 11.6 Å². The highest BCUT2D eigenvalue weighted by atomic mass is 35.5. The number of rotatable bonds is 4. The van der Waals surface area contributed by atoms with Crippen LogP contribution in [0.3, 0.4) is 0 Å². The van der Waals surface area contributed by atoms with Gasteiger partial charge in [-0.1, -0.05) is 48.9 Å². The molecule has 1 aromatic heterocycles. The molecule has 0 aliphatic carbocycles. The number of likely N-dealkylation sites (tertiary alicyclic amines) is 1. The number of carbonyl (C=O) groups excluding carboxylic acids is 1. The Kier molecular flexibility index (Phi) is 4.49. The molecule has 1 aliphatic heterocycles. The summed E-state index contributed by atoms with van der Waals surface area (Å²) in [6, 6.07) is 16.6. The Morgan fingerprint density at radius 3 is 2.65 bits per heavy atom. The van der Waals surface area contributed by atoms with Gasteiger partial charge in [-0.25, -0.2) is 0 Å². The third-order valence-corrected chi connectivity index (χ3v) is 5.79. The van der Waals surface area contributed by atoms with Gasteiger partial charge in [-0.05, 0) is 43.5 Å². The molecule has 0 saturated carbocycles. The van der Waals surface area contributed by atoms with Crippen LogP contribution in [-0.4, -0.2) is 21.8 Å². The lowest BCUT2D eigenvalue weighted by molar-refractivity contribution is -0.131. The summed E-state index contributed by atoms with van der Waals surface area (Å²) in [5, 5.41) is 1.93. The Morgan fingerprint density at radius 1 is 1.19 bits per heavy atom. The van der Waals surface area contributed by atoms with E-state index in [0.717, 1.165) is 34.6 Å². The normalized spacial score (nSPS) is 18.7. The first-order chi connectivity index (χ1) is 12.6. The number of benzene rings is 2. The minimum atomic E-state index is 0.110. The van der Waals surface area contributed by atoms with Gasteiger partial charge in [0.1, 0.15) is 0 Å². The lowest BCUT2D eigenvalue weighted by Gasteiger charge is -2.31. The Hall–Kier alpha value is -2.26. The van der Waals surface area contributed by atoms with Gasteiger partial charge in [-0.2, -0.15) is 0 Å². The topological polar surface area (TPSA) is 36.1 Å². The summed E-state index contributed by atoms with van der Waals surface area (Å²) in [4.78, 5) is 18.3. The number of nitrogens with one attached hydrogen (secondary N) is 1. The van der Waals surface area contributed by atoms with Gasteiger partial charge < -0.3 is 9.88 Å². The van der Waals surface area contributed by atoms with Gasteiger partial charge in [0.15, 0.2) is 0 Å². The van der Waals surface area contributed by atoms with E-state index >= 15 is 0 Å². The minimum Gasteiger partial charge on any atom is -0.354 e. The summed E-state index contributed by atoms with van der Waals surface area (Å²) in [7, 11) is 0. The van der Waals surface area contributed by atoms with E-state index < -0.39 is 0 Å². The first-order valence-corrected chi connectivity index (χ1v) is 9.65. The summed E-state index contributed by atoms with van der Waals surface area (Å²) < 4.78 is 0. The predicted molar refractivity (Wildman–Crippen MR) is 107 cm³/mol. The van der Waals surface area contributed by atoms with Crippen molar-refractivity contribution in [3.63, 3.8) is 0 Å². The quantitative estimate of drug-likeness (QED) is 0.608. The number of hydrogen-bond donors (Lipinski definition) is 1. The first kappa shape index (κ1) is 17.2. The van der Waals surface area contributed by atoms with Crippen molar-refractivity contribution in [3.8, 4) is 11.3 Å². The highest BCUT2D eigenvalue weighted by Crippen LogP contribution is 2.43. The van der Waals surface area contributed by atoms with E-state index in [2.05, 4.69) is 41.9 Å². The number of aromatic amines is 1. The number of fused-ring (bicyclic) bond motifs is 1. The predicted octanol–water partition coefficient (Wildman–Crippen LogP) is 5.95. The van der Waals surface area contributed by atoms with Crippen molar-refractivity contribution in [1.29, 1.82) is 0 Å². The second kappa shape index (κ2) is 6.81. The number of amides is 1. The lowest BCUT2D eigenvalue weighted by Crippen LogP contribution is -2.35. The van der Waals surface area contributed by atoms with Crippen LogP contribution in [0, 0.1) is 0 Å². The molecule has 1 saturated heterocycles. The number of hydrogen-bond acceptors (Lipinski definition) is 1. The fraction of sp³-hybridized carbons (Fsp3) is 0.318. The third-order valence-electron chi connectivity index (χ3n) is 5.53. The maximum Gasteiger partial charge on any atom is 0.223 e. The molecule has 1 amide bonds. The lowest BCUT2D eigenvalue weighted by atomic mass is 9.96. The minimum absolute atomic E-state index is 0.110. The molecule has 0 bridgehead atoms. The summed E-state index contributed by atoms with van der Waals surface area (Å²) in [6.45, 7) is 4.29. The van der Waals surface area contributed by atoms with E-state index in [1.165, 1.54) is 10.9 Å². The summed E-state index contributed by atoms with van der Waals surface area (Å²) >= 11 is 6.08. The highest BCUT2D eigenvalue weighted by molar-refractivity contribution is 6.30. The fourth-order valence-electron chi connectivity index (χ4n) is 4.09. The molecule has 4 rings (SSSR count). The molecule has 1 aliphatic rings. The molecule has 3 aromatic rings. The number of halogens is 1. The standard InChI is InChI=1S/C22H23ClN2O/c1-3-14(2)25-19(12-13-20(25)26)21-17-6-4-5-7-18(17)24-22(21)15-8-10-16(23)11-9-15/h4-11,14,19,24H,3,12-13H2,1-2H3/t14-,19-/m0/s1. The molecular weight excluding hydrogens is 344 g/mol. The van der Waals surface area contributed by atoms with Crippen LogP contribution in [0.4, 0.5) is 0 Å². The molecule has 0 spiro atoms. The van der Waals surface area contributed by atoms with Gasteiger partial charge in [0.25, 0.3) is 0 Å². The number of aromatic nitrogens is 1. The van der Waals surface area contributed by atoms with Crippen LogP contribution >= 0.6 is 11.6 Å². The zero-order valence-corrected chi connectivity index (χ0v) is 15.9. The number of carbonyl (C=O) groups is 1. The Labute approximate surface area is 159 Å². The number of nitrogens with zero attached hydrogens (tertiary/aromatic N) is 1. The zero-order chi connectivity index (χ0) is 18.3. The third kappa shape index (κ3) is 2.80. The molecule has 0 radical (unpaired) electrons. The maximum absolute atomic E-state index is 12.6. The van der Waals surface area contributed by atoms with Gasteiger partial charge in [0.2, 0.25) is 5.91 Å². The van der Waals surface area contributed by atoms with Crippen molar-refractivity contribution in [1.82, 2.24) is 9.88 Å². The second-order valence-corrected chi connectivity index (χ2v) is 7.52.